The maximum atomic E-state index is 13.0. The van der Waals surface area contributed by atoms with Gasteiger partial charge < -0.3 is 4.90 Å². The van der Waals surface area contributed by atoms with Gasteiger partial charge in [-0.3, -0.25) is 9.89 Å². The van der Waals surface area contributed by atoms with E-state index >= 15 is 0 Å². The van der Waals surface area contributed by atoms with Crippen molar-refractivity contribution in [3.05, 3.63) is 34.7 Å². The molecule has 1 N–H and O–H groups in total. The van der Waals surface area contributed by atoms with Gasteiger partial charge in [-0.05, 0) is 29.7 Å². The van der Waals surface area contributed by atoms with Crippen LogP contribution >= 0.6 is 11.3 Å². The van der Waals surface area contributed by atoms with Crippen molar-refractivity contribution in [3.63, 3.8) is 0 Å². The maximum Gasteiger partial charge on any atom is 0.259 e. The lowest BCUT2D eigenvalue weighted by Gasteiger charge is -2.34. The molecule has 118 valence electrons. The molecule has 3 aromatic rings. The molecule has 0 saturated carbocycles. The van der Waals surface area contributed by atoms with E-state index in [1.54, 1.807) is 17.5 Å². The number of hydrogen-bond donors (Lipinski definition) is 1. The zero-order valence-corrected chi connectivity index (χ0v) is 13.0. The van der Waals surface area contributed by atoms with E-state index in [0.717, 1.165) is 24.3 Å². The van der Waals surface area contributed by atoms with Gasteiger partial charge in [0.2, 0.25) is 0 Å². The summed E-state index contributed by atoms with van der Waals surface area (Å²) in [5.41, 5.74) is 0.459. The minimum atomic E-state index is -0.0795. The van der Waals surface area contributed by atoms with E-state index < -0.39 is 0 Å². The van der Waals surface area contributed by atoms with Crippen molar-refractivity contribution in [1.29, 1.82) is 0 Å². The second-order valence-corrected chi connectivity index (χ2v) is 6.19. The number of nitrogens with one attached hydrogen (secondary N) is 1. The summed E-state index contributed by atoms with van der Waals surface area (Å²) in [6.45, 7) is 0.712. The summed E-state index contributed by atoms with van der Waals surface area (Å²) in [5, 5.41) is 20.7. The van der Waals surface area contributed by atoms with Crippen LogP contribution in [0, 0.1) is 0 Å². The fourth-order valence-electron chi connectivity index (χ4n) is 2.86. The second-order valence-electron chi connectivity index (χ2n) is 5.27. The third kappa shape index (κ3) is 2.50. The zero-order chi connectivity index (χ0) is 15.6. The van der Waals surface area contributed by atoms with Gasteiger partial charge in [-0.2, -0.15) is 9.78 Å². The second kappa shape index (κ2) is 5.88. The van der Waals surface area contributed by atoms with Crippen LogP contribution in [0.4, 0.5) is 0 Å². The van der Waals surface area contributed by atoms with Crippen molar-refractivity contribution in [1.82, 2.24) is 40.3 Å². The lowest BCUT2D eigenvalue weighted by Crippen LogP contribution is -2.38. The predicted molar refractivity (Wildman–Crippen MR) is 81.0 cm³/mol. The highest BCUT2D eigenvalue weighted by atomic mass is 32.1. The maximum absolute atomic E-state index is 13.0. The number of carbonyl (C=O) groups excluding carboxylic acids is 1. The Hall–Kier alpha value is -2.62. The monoisotopic (exact) mass is 330 g/mol. The topological polar surface area (TPSA) is 105 Å². The van der Waals surface area contributed by atoms with Crippen molar-refractivity contribution in [2.45, 2.75) is 25.3 Å². The summed E-state index contributed by atoms with van der Waals surface area (Å²) in [6, 6.07) is 0.0212. The number of rotatable bonds is 3. The Morgan fingerprint density at radius 3 is 3.13 bits per heavy atom. The van der Waals surface area contributed by atoms with E-state index in [0.29, 0.717) is 17.9 Å². The Bertz CT molecular complexity index is 781. The number of nitrogens with zero attached hydrogens (tertiary/aromatic N) is 7. The molecule has 4 rings (SSSR count). The molecule has 1 amide bonds. The summed E-state index contributed by atoms with van der Waals surface area (Å²) in [4.78, 5) is 19.3. The molecule has 0 aromatic carbocycles. The quantitative estimate of drug-likeness (QED) is 0.774. The highest BCUT2D eigenvalue weighted by Crippen LogP contribution is 2.33. The normalized spacial score (nSPS) is 18.3. The molecule has 0 unspecified atom stereocenters. The Morgan fingerprint density at radius 1 is 1.39 bits per heavy atom. The molecule has 1 atom stereocenters. The average molecular weight is 330 g/mol. The highest BCUT2D eigenvalue weighted by Gasteiger charge is 2.32. The van der Waals surface area contributed by atoms with Gasteiger partial charge in [0.1, 0.15) is 16.9 Å². The molecular formula is C13H14N8OS. The number of tetrazole rings is 1. The first kappa shape index (κ1) is 14.0. The first-order valence-corrected chi connectivity index (χ1v) is 8.19. The molecule has 1 fully saturated rings. The Labute approximate surface area is 135 Å². The number of H-pyrrole nitrogens is 1. The van der Waals surface area contributed by atoms with Crippen molar-refractivity contribution >= 4 is 17.2 Å². The summed E-state index contributed by atoms with van der Waals surface area (Å²) in [6.07, 6.45) is 7.75. The summed E-state index contributed by atoms with van der Waals surface area (Å²) < 4.78 is 1.41. The molecule has 4 heterocycles. The minimum absolute atomic E-state index is 0.0212. The molecule has 1 aliphatic heterocycles. The number of carbonyl (C=O) groups is 1. The fraction of sp³-hybridized carbons (Fsp3) is 0.385. The SMILES string of the molecule is O=C(c1cn[nH]c1-n1cnnn1)N1CCCC[C@H]1c1nccs1. The first-order valence-electron chi connectivity index (χ1n) is 7.31. The van der Waals surface area contributed by atoms with Gasteiger partial charge in [-0.1, -0.05) is 0 Å². The van der Waals surface area contributed by atoms with Gasteiger partial charge in [0, 0.05) is 18.1 Å². The molecule has 0 radical (unpaired) electrons. The Balaban J connectivity index is 1.67. The van der Waals surface area contributed by atoms with Crippen molar-refractivity contribution < 1.29 is 4.79 Å². The lowest BCUT2D eigenvalue weighted by atomic mass is 10.0. The van der Waals surface area contributed by atoms with E-state index in [9.17, 15) is 4.79 Å². The van der Waals surface area contributed by atoms with Crippen LogP contribution in [-0.4, -0.2) is 52.7 Å². The number of aromatic nitrogens is 7. The van der Waals surface area contributed by atoms with E-state index in [-0.39, 0.29) is 11.9 Å². The van der Waals surface area contributed by atoms with Crippen molar-refractivity contribution in [2.75, 3.05) is 6.54 Å². The van der Waals surface area contributed by atoms with Crippen LogP contribution in [0.1, 0.15) is 40.7 Å². The van der Waals surface area contributed by atoms with E-state index in [1.807, 2.05) is 10.3 Å². The fourth-order valence-corrected chi connectivity index (χ4v) is 3.64. The molecule has 0 aliphatic carbocycles. The van der Waals surface area contributed by atoms with E-state index in [1.165, 1.54) is 17.2 Å². The number of aromatic amines is 1. The van der Waals surface area contributed by atoms with Crippen LogP contribution < -0.4 is 0 Å². The van der Waals surface area contributed by atoms with Gasteiger partial charge in [-0.15, -0.1) is 16.4 Å². The molecule has 9 nitrogen and oxygen atoms in total. The van der Waals surface area contributed by atoms with Crippen LogP contribution in [0.5, 0.6) is 0 Å². The van der Waals surface area contributed by atoms with Gasteiger partial charge in [-0.25, -0.2) is 4.98 Å². The van der Waals surface area contributed by atoms with Crippen molar-refractivity contribution in [3.8, 4) is 5.82 Å². The lowest BCUT2D eigenvalue weighted by molar-refractivity contribution is 0.0611. The van der Waals surface area contributed by atoms with Crippen LogP contribution in [-0.2, 0) is 0 Å². The highest BCUT2D eigenvalue weighted by molar-refractivity contribution is 7.09. The van der Waals surface area contributed by atoms with Crippen molar-refractivity contribution in [2.24, 2.45) is 0 Å². The number of thiazole rings is 1. The van der Waals surface area contributed by atoms with E-state index in [4.69, 9.17) is 0 Å². The molecule has 3 aromatic heterocycles. The largest absolute Gasteiger partial charge is 0.329 e. The van der Waals surface area contributed by atoms with E-state index in [2.05, 4.69) is 30.7 Å². The summed E-state index contributed by atoms with van der Waals surface area (Å²) in [7, 11) is 0. The summed E-state index contributed by atoms with van der Waals surface area (Å²) in [5.74, 6) is 0.396. The Morgan fingerprint density at radius 2 is 2.35 bits per heavy atom. The minimum Gasteiger partial charge on any atom is -0.329 e. The van der Waals surface area contributed by atoms with Crippen LogP contribution in [0.15, 0.2) is 24.1 Å². The smallest absolute Gasteiger partial charge is 0.259 e. The number of hydrogen-bond acceptors (Lipinski definition) is 7. The van der Waals surface area contributed by atoms with Crippen LogP contribution in [0.2, 0.25) is 0 Å². The summed E-state index contributed by atoms with van der Waals surface area (Å²) >= 11 is 1.58. The molecule has 10 heteroatoms. The molecule has 1 saturated heterocycles. The van der Waals surface area contributed by atoms with Gasteiger partial charge in [0.05, 0.1) is 12.2 Å². The van der Waals surface area contributed by atoms with Gasteiger partial charge in [0.25, 0.3) is 5.91 Å². The van der Waals surface area contributed by atoms with Crippen LogP contribution in [0.25, 0.3) is 5.82 Å². The third-order valence-electron chi connectivity index (χ3n) is 3.93. The third-order valence-corrected chi connectivity index (χ3v) is 4.80. The zero-order valence-electron chi connectivity index (χ0n) is 12.2. The number of piperidine rings is 1. The average Bonchev–Trinajstić information content (AvgIpc) is 3.35. The van der Waals surface area contributed by atoms with Crippen LogP contribution in [0.3, 0.4) is 0 Å². The number of amides is 1. The molecule has 0 bridgehead atoms. The molecular weight excluding hydrogens is 316 g/mol. The Kier molecular flexibility index (Phi) is 3.58. The van der Waals surface area contributed by atoms with Gasteiger partial charge in [0.15, 0.2) is 5.82 Å². The molecule has 23 heavy (non-hydrogen) atoms. The molecule has 1 aliphatic rings. The number of likely N-dealkylation sites (tertiary alicyclic amines) is 1. The molecule has 0 spiro atoms. The van der Waals surface area contributed by atoms with Gasteiger partial charge >= 0.3 is 0 Å². The predicted octanol–water partition coefficient (Wildman–Crippen LogP) is 1.21. The first-order chi connectivity index (χ1) is 11.3. The standard InChI is InChI=1S/C13H14N8OS/c22-13(9-7-15-17-11(9)21-8-16-18-19-21)20-5-2-1-3-10(20)12-14-4-6-23-12/h4,6-8,10H,1-3,5H2,(H,15,17)/t10-/m0/s1.